The van der Waals surface area contributed by atoms with E-state index < -0.39 is 35.8 Å². The molecule has 1 aromatic heterocycles. The van der Waals surface area contributed by atoms with Gasteiger partial charge in [0.25, 0.3) is 11.5 Å². The molecule has 0 radical (unpaired) electrons. The van der Waals surface area contributed by atoms with Gasteiger partial charge in [0.2, 0.25) is 5.91 Å². The minimum absolute atomic E-state index is 0.201. The molecule has 3 rings (SSSR count). The lowest BCUT2D eigenvalue weighted by molar-refractivity contribution is -0.142. The molecule has 2 amide bonds. The zero-order chi connectivity index (χ0) is 28.7. The molecule has 3 aromatic rings. The zero-order valence-electron chi connectivity index (χ0n) is 21.9. The maximum atomic E-state index is 12.7. The molecule has 0 saturated heterocycles. The van der Waals surface area contributed by atoms with Gasteiger partial charge >= 0.3 is 11.9 Å². The Kier molecular flexibility index (Phi) is 9.37. The van der Waals surface area contributed by atoms with Crippen LogP contribution in [0.5, 0.6) is 0 Å². The number of aryl methyl sites for hydroxylation is 1. The maximum Gasteiger partial charge on any atom is 0.326 e. The van der Waals surface area contributed by atoms with Gasteiger partial charge in [0, 0.05) is 30.8 Å². The van der Waals surface area contributed by atoms with Crippen LogP contribution in [0.15, 0.2) is 47.3 Å². The molecule has 12 heteroatoms. The van der Waals surface area contributed by atoms with E-state index >= 15 is 0 Å². The van der Waals surface area contributed by atoms with Crippen LogP contribution in [0.2, 0.25) is 0 Å². The van der Waals surface area contributed by atoms with E-state index in [1.54, 1.807) is 37.3 Å². The van der Waals surface area contributed by atoms with Gasteiger partial charge in [-0.05, 0) is 69.2 Å². The Balaban J connectivity index is 1.65. The molecule has 12 nitrogen and oxygen atoms in total. The minimum Gasteiger partial charge on any atom is -0.480 e. The first kappa shape index (κ1) is 28.8. The predicted octanol–water partition coefficient (Wildman–Crippen LogP) is 1.81. The van der Waals surface area contributed by atoms with E-state index in [2.05, 4.69) is 25.5 Å². The summed E-state index contributed by atoms with van der Waals surface area (Å²) in [5, 5.41) is 23.5. The second-order valence-electron chi connectivity index (χ2n) is 9.09. The number of H-pyrrole nitrogens is 1. The van der Waals surface area contributed by atoms with E-state index in [1.165, 1.54) is 6.92 Å². The number of aromatic nitrogens is 2. The summed E-state index contributed by atoms with van der Waals surface area (Å²) in [5.74, 6) is -3.22. The fraction of sp³-hybridized carbons (Fsp3) is 0.333. The van der Waals surface area contributed by atoms with Gasteiger partial charge in [-0.3, -0.25) is 19.2 Å². The summed E-state index contributed by atoms with van der Waals surface area (Å²) in [5.41, 5.74) is 2.39. The van der Waals surface area contributed by atoms with Gasteiger partial charge in [-0.25, -0.2) is 9.78 Å². The van der Waals surface area contributed by atoms with Gasteiger partial charge < -0.3 is 30.7 Å². The number of hydrogen-bond acceptors (Lipinski definition) is 7. The number of aliphatic carboxylic acids is 2. The van der Waals surface area contributed by atoms with Crippen LogP contribution in [0.25, 0.3) is 10.9 Å². The van der Waals surface area contributed by atoms with E-state index in [1.807, 2.05) is 19.1 Å². The van der Waals surface area contributed by atoms with E-state index in [0.717, 1.165) is 11.3 Å². The smallest absolute Gasteiger partial charge is 0.326 e. The van der Waals surface area contributed by atoms with Crippen molar-refractivity contribution in [3.63, 3.8) is 0 Å². The number of carbonyl (C=O) groups excluding carboxylic acids is 2. The number of carboxylic acids is 2. The Hall–Kier alpha value is -4.74. The fourth-order valence-corrected chi connectivity index (χ4v) is 3.98. The average Bonchev–Trinajstić information content (AvgIpc) is 2.89. The molecule has 5 N–H and O–H groups in total. The molecular formula is C27H31N5O7. The molecule has 0 aliphatic heterocycles. The van der Waals surface area contributed by atoms with Crippen LogP contribution in [0.1, 0.15) is 48.4 Å². The molecule has 0 unspecified atom stereocenters. The van der Waals surface area contributed by atoms with Crippen molar-refractivity contribution in [1.29, 1.82) is 0 Å². The Bertz CT molecular complexity index is 1430. The minimum atomic E-state index is -1.33. The number of carbonyl (C=O) groups is 4. The fourth-order valence-electron chi connectivity index (χ4n) is 3.98. The number of amides is 2. The van der Waals surface area contributed by atoms with Crippen LogP contribution in [-0.2, 0) is 20.9 Å². The number of carboxylic acid groups (broad SMARTS) is 2. The molecule has 0 saturated carbocycles. The van der Waals surface area contributed by atoms with E-state index in [-0.39, 0.29) is 24.0 Å². The second-order valence-corrected chi connectivity index (χ2v) is 9.09. The van der Waals surface area contributed by atoms with Crippen molar-refractivity contribution in [2.24, 2.45) is 0 Å². The normalized spacial score (nSPS) is 12.4. The largest absolute Gasteiger partial charge is 0.480 e. The van der Waals surface area contributed by atoms with Crippen LogP contribution >= 0.6 is 0 Å². The van der Waals surface area contributed by atoms with Crippen LogP contribution in [-0.4, -0.2) is 62.6 Å². The first-order valence-corrected chi connectivity index (χ1v) is 12.4. The summed E-state index contributed by atoms with van der Waals surface area (Å²) in [4.78, 5) is 68.5. The lowest BCUT2D eigenvalue weighted by atomic mass is 10.1. The summed E-state index contributed by atoms with van der Waals surface area (Å²) in [6.07, 6.45) is -0.472. The van der Waals surface area contributed by atoms with Gasteiger partial charge in [0.1, 0.15) is 17.9 Å². The standard InChI is InChI=1S/C27H31N5O7/c1-4-32(14-17-5-10-21-20(13-17)25(35)30-16(3)29-21)19-8-6-18(7-9-19)24(34)31-22(27(38)39)11-12-23(33)28-15(2)26(36)37/h5-10,13,15,22H,4,11-12,14H2,1-3H3,(H,28,33)(H,31,34)(H,36,37)(H,38,39)(H,29,30,35)/t15-,22-/m0/s1. The van der Waals surface area contributed by atoms with E-state index in [0.29, 0.717) is 29.8 Å². The zero-order valence-corrected chi connectivity index (χ0v) is 21.9. The van der Waals surface area contributed by atoms with Crippen molar-refractivity contribution in [3.8, 4) is 0 Å². The first-order chi connectivity index (χ1) is 18.5. The Morgan fingerprint density at radius 2 is 1.72 bits per heavy atom. The summed E-state index contributed by atoms with van der Waals surface area (Å²) in [7, 11) is 0. The molecule has 1 heterocycles. The molecule has 2 atom stereocenters. The van der Waals surface area contributed by atoms with Crippen molar-refractivity contribution in [2.75, 3.05) is 11.4 Å². The first-order valence-electron chi connectivity index (χ1n) is 12.4. The highest BCUT2D eigenvalue weighted by molar-refractivity contribution is 5.97. The predicted molar refractivity (Wildman–Crippen MR) is 144 cm³/mol. The van der Waals surface area contributed by atoms with E-state index in [4.69, 9.17) is 5.11 Å². The average molecular weight is 538 g/mol. The van der Waals surface area contributed by atoms with Crippen LogP contribution in [0.4, 0.5) is 5.69 Å². The maximum absolute atomic E-state index is 12.7. The van der Waals surface area contributed by atoms with Crippen molar-refractivity contribution in [1.82, 2.24) is 20.6 Å². The quantitative estimate of drug-likeness (QED) is 0.230. The van der Waals surface area contributed by atoms with Crippen molar-refractivity contribution < 1.29 is 29.4 Å². The van der Waals surface area contributed by atoms with Gasteiger partial charge in [0.05, 0.1) is 10.9 Å². The van der Waals surface area contributed by atoms with Crippen LogP contribution in [0, 0.1) is 6.92 Å². The number of aromatic amines is 1. The molecular weight excluding hydrogens is 506 g/mol. The highest BCUT2D eigenvalue weighted by Gasteiger charge is 2.23. The number of benzene rings is 2. The Morgan fingerprint density at radius 1 is 1.03 bits per heavy atom. The number of nitrogens with one attached hydrogen (secondary N) is 3. The lowest BCUT2D eigenvalue weighted by Gasteiger charge is -2.24. The third-order valence-corrected chi connectivity index (χ3v) is 6.15. The SMILES string of the molecule is CCN(Cc1ccc2nc(C)[nH]c(=O)c2c1)c1ccc(C(=O)N[C@@H](CCC(=O)N[C@@H](C)C(=O)O)C(=O)O)cc1. The Morgan fingerprint density at radius 3 is 2.33 bits per heavy atom. The van der Waals surface area contributed by atoms with E-state index in [9.17, 15) is 29.1 Å². The summed E-state index contributed by atoms with van der Waals surface area (Å²) < 4.78 is 0. The number of hydrogen-bond donors (Lipinski definition) is 5. The number of anilines is 1. The van der Waals surface area contributed by atoms with Gasteiger partial charge in [-0.1, -0.05) is 6.07 Å². The topological polar surface area (TPSA) is 182 Å². The van der Waals surface area contributed by atoms with Crippen LogP contribution in [0.3, 0.4) is 0 Å². The van der Waals surface area contributed by atoms with Crippen molar-refractivity contribution in [3.05, 3.63) is 69.8 Å². The molecule has 0 spiro atoms. The number of rotatable bonds is 12. The van der Waals surface area contributed by atoms with Crippen molar-refractivity contribution >= 4 is 40.3 Å². The second kappa shape index (κ2) is 12.7. The van der Waals surface area contributed by atoms with Gasteiger partial charge in [0.15, 0.2) is 0 Å². The molecule has 0 bridgehead atoms. The van der Waals surface area contributed by atoms with Gasteiger partial charge in [-0.15, -0.1) is 0 Å². The van der Waals surface area contributed by atoms with Crippen molar-refractivity contribution in [2.45, 2.75) is 52.2 Å². The molecule has 206 valence electrons. The monoisotopic (exact) mass is 537 g/mol. The van der Waals surface area contributed by atoms with Gasteiger partial charge in [-0.2, -0.15) is 0 Å². The molecule has 39 heavy (non-hydrogen) atoms. The molecule has 0 aliphatic carbocycles. The molecule has 2 aromatic carbocycles. The third kappa shape index (κ3) is 7.63. The number of fused-ring (bicyclic) bond motifs is 1. The highest BCUT2D eigenvalue weighted by Crippen LogP contribution is 2.20. The molecule has 0 aliphatic rings. The Labute approximate surface area is 224 Å². The summed E-state index contributed by atoms with van der Waals surface area (Å²) >= 11 is 0. The van der Waals surface area contributed by atoms with Crippen LogP contribution < -0.4 is 21.1 Å². The highest BCUT2D eigenvalue weighted by atomic mass is 16.4. The molecule has 0 fully saturated rings. The summed E-state index contributed by atoms with van der Waals surface area (Å²) in [6.45, 7) is 6.15. The summed E-state index contributed by atoms with van der Waals surface area (Å²) in [6, 6.07) is 9.72. The third-order valence-electron chi connectivity index (χ3n) is 6.15. The lowest BCUT2D eigenvalue weighted by Crippen LogP contribution is -2.43. The number of nitrogens with zero attached hydrogens (tertiary/aromatic N) is 2.